The van der Waals surface area contributed by atoms with Gasteiger partial charge in [-0.25, -0.2) is 4.98 Å². The minimum absolute atomic E-state index is 0.0918. The Morgan fingerprint density at radius 1 is 1.29 bits per heavy atom. The van der Waals surface area contributed by atoms with E-state index >= 15 is 0 Å². The molecule has 2 rings (SSSR count). The van der Waals surface area contributed by atoms with E-state index in [1.807, 2.05) is 0 Å². The topological polar surface area (TPSA) is 70.1 Å². The second-order valence-electron chi connectivity index (χ2n) is 4.73. The van der Waals surface area contributed by atoms with Gasteiger partial charge in [-0.2, -0.15) is 0 Å². The molecule has 0 radical (unpaired) electrons. The zero-order valence-electron chi connectivity index (χ0n) is 10.2. The average molecular weight is 236 g/mol. The van der Waals surface area contributed by atoms with Crippen LogP contribution in [0.1, 0.15) is 26.2 Å². The lowest BCUT2D eigenvalue weighted by Gasteiger charge is -2.13. The Balaban J connectivity index is 1.87. The van der Waals surface area contributed by atoms with Crippen LogP contribution in [0.25, 0.3) is 0 Å². The summed E-state index contributed by atoms with van der Waals surface area (Å²) in [6.45, 7) is 4.04. The predicted octanol–water partition coefficient (Wildman–Crippen LogP) is 1.48. The molecule has 5 heteroatoms. The van der Waals surface area contributed by atoms with Crippen LogP contribution in [-0.4, -0.2) is 34.8 Å². The van der Waals surface area contributed by atoms with Gasteiger partial charge in [0.15, 0.2) is 0 Å². The van der Waals surface area contributed by atoms with Crippen molar-refractivity contribution in [1.29, 1.82) is 0 Å². The third-order valence-corrected chi connectivity index (χ3v) is 3.13. The number of aromatic nitrogens is 2. The molecule has 1 heterocycles. The lowest BCUT2D eigenvalue weighted by atomic mass is 10.1. The summed E-state index contributed by atoms with van der Waals surface area (Å²) in [7, 11) is 0. The molecule has 5 nitrogen and oxygen atoms in total. The summed E-state index contributed by atoms with van der Waals surface area (Å²) in [5, 5.41) is 15.7. The minimum atomic E-state index is 0.0918. The maximum Gasteiger partial charge on any atom is 0.146 e. The lowest BCUT2D eigenvalue weighted by Crippen LogP contribution is -2.19. The molecule has 1 fully saturated rings. The van der Waals surface area contributed by atoms with Crippen LogP contribution in [0, 0.1) is 5.41 Å². The molecule has 1 aliphatic carbocycles. The van der Waals surface area contributed by atoms with Crippen LogP contribution in [0.3, 0.4) is 0 Å². The zero-order valence-corrected chi connectivity index (χ0v) is 10.2. The second kappa shape index (κ2) is 5.31. The highest BCUT2D eigenvalue weighted by Crippen LogP contribution is 2.44. The normalized spacial score (nSPS) is 16.6. The second-order valence-corrected chi connectivity index (χ2v) is 4.73. The molecule has 0 saturated heterocycles. The third-order valence-electron chi connectivity index (χ3n) is 3.13. The Bertz CT molecular complexity index is 365. The van der Waals surface area contributed by atoms with E-state index in [-0.39, 0.29) is 12.0 Å². The van der Waals surface area contributed by atoms with E-state index in [1.54, 1.807) is 12.4 Å². The van der Waals surface area contributed by atoms with Gasteiger partial charge in [-0.3, -0.25) is 4.98 Å². The highest BCUT2D eigenvalue weighted by molar-refractivity contribution is 5.41. The van der Waals surface area contributed by atoms with Crippen LogP contribution in [0.15, 0.2) is 12.4 Å². The van der Waals surface area contributed by atoms with Gasteiger partial charge in [0, 0.05) is 18.5 Å². The van der Waals surface area contributed by atoms with E-state index in [4.69, 9.17) is 0 Å². The summed E-state index contributed by atoms with van der Waals surface area (Å²) in [5.41, 5.74) is 0.0918. The van der Waals surface area contributed by atoms with Crippen molar-refractivity contribution in [2.24, 2.45) is 5.41 Å². The summed E-state index contributed by atoms with van der Waals surface area (Å²) in [5.74, 6) is 1.57. The van der Waals surface area contributed by atoms with Crippen molar-refractivity contribution >= 4 is 11.6 Å². The first-order valence-electron chi connectivity index (χ1n) is 6.19. The van der Waals surface area contributed by atoms with Gasteiger partial charge in [-0.05, 0) is 19.3 Å². The zero-order chi connectivity index (χ0) is 12.1. The van der Waals surface area contributed by atoms with Gasteiger partial charge in [0.2, 0.25) is 0 Å². The summed E-state index contributed by atoms with van der Waals surface area (Å²) in [6, 6.07) is 0. The van der Waals surface area contributed by atoms with Crippen LogP contribution in [-0.2, 0) is 0 Å². The van der Waals surface area contributed by atoms with Gasteiger partial charge >= 0.3 is 0 Å². The van der Waals surface area contributed by atoms with Crippen molar-refractivity contribution in [2.75, 3.05) is 30.3 Å². The van der Waals surface area contributed by atoms with Crippen LogP contribution >= 0.6 is 0 Å². The molecule has 0 atom stereocenters. The van der Waals surface area contributed by atoms with Gasteiger partial charge in [-0.1, -0.05) is 6.92 Å². The van der Waals surface area contributed by atoms with Crippen LogP contribution < -0.4 is 10.6 Å². The molecule has 1 saturated carbocycles. The molecule has 0 amide bonds. The maximum atomic E-state index is 9.22. The van der Waals surface area contributed by atoms with Gasteiger partial charge in [0.1, 0.15) is 11.6 Å². The first kappa shape index (κ1) is 12.1. The van der Waals surface area contributed by atoms with E-state index in [0.717, 1.165) is 44.0 Å². The van der Waals surface area contributed by atoms with Crippen molar-refractivity contribution in [3.05, 3.63) is 12.4 Å². The van der Waals surface area contributed by atoms with Crippen molar-refractivity contribution in [3.63, 3.8) is 0 Å². The Hall–Kier alpha value is -1.36. The molecule has 0 aromatic carbocycles. The largest absolute Gasteiger partial charge is 0.396 e. The van der Waals surface area contributed by atoms with Crippen LogP contribution in [0.5, 0.6) is 0 Å². The summed E-state index contributed by atoms with van der Waals surface area (Å²) >= 11 is 0. The molecule has 1 aromatic heterocycles. The van der Waals surface area contributed by atoms with Gasteiger partial charge in [0.25, 0.3) is 0 Å². The fraction of sp³-hybridized carbons (Fsp3) is 0.667. The highest BCUT2D eigenvalue weighted by Gasteiger charge is 2.41. The number of nitrogens with zero attached hydrogens (tertiary/aromatic N) is 2. The van der Waals surface area contributed by atoms with Crippen molar-refractivity contribution in [3.8, 4) is 0 Å². The van der Waals surface area contributed by atoms with Crippen molar-refractivity contribution < 1.29 is 5.11 Å². The Morgan fingerprint density at radius 3 is 2.59 bits per heavy atom. The Labute approximate surface area is 102 Å². The minimum Gasteiger partial charge on any atom is -0.396 e. The SMILES string of the molecule is CCCNc1cncc(NCC2(CO)CC2)n1. The number of aliphatic hydroxyl groups excluding tert-OH is 1. The molecule has 3 N–H and O–H groups in total. The Kier molecular flexibility index (Phi) is 3.78. The fourth-order valence-electron chi connectivity index (χ4n) is 1.64. The molecular formula is C12H20N4O. The van der Waals surface area contributed by atoms with Crippen LogP contribution in [0.4, 0.5) is 11.6 Å². The lowest BCUT2D eigenvalue weighted by molar-refractivity contribution is 0.219. The number of aliphatic hydroxyl groups is 1. The molecule has 0 spiro atoms. The number of nitrogens with one attached hydrogen (secondary N) is 2. The maximum absolute atomic E-state index is 9.22. The highest BCUT2D eigenvalue weighted by atomic mass is 16.3. The molecule has 0 unspecified atom stereocenters. The number of hydrogen-bond acceptors (Lipinski definition) is 5. The molecule has 94 valence electrons. The van der Waals surface area contributed by atoms with E-state index < -0.39 is 0 Å². The van der Waals surface area contributed by atoms with Crippen molar-refractivity contribution in [2.45, 2.75) is 26.2 Å². The van der Waals surface area contributed by atoms with E-state index in [9.17, 15) is 5.11 Å². The van der Waals surface area contributed by atoms with Gasteiger partial charge in [-0.15, -0.1) is 0 Å². The molecule has 1 aromatic rings. The molecular weight excluding hydrogens is 216 g/mol. The molecule has 1 aliphatic rings. The van der Waals surface area contributed by atoms with E-state index in [0.29, 0.717) is 0 Å². The molecule has 0 aliphatic heterocycles. The monoisotopic (exact) mass is 236 g/mol. The van der Waals surface area contributed by atoms with Gasteiger partial charge < -0.3 is 15.7 Å². The number of rotatable bonds is 7. The quantitative estimate of drug-likeness (QED) is 0.669. The fourth-order valence-corrected chi connectivity index (χ4v) is 1.64. The van der Waals surface area contributed by atoms with E-state index in [2.05, 4.69) is 27.5 Å². The molecule has 0 bridgehead atoms. The van der Waals surface area contributed by atoms with E-state index in [1.165, 1.54) is 0 Å². The Morgan fingerprint density at radius 2 is 2.00 bits per heavy atom. The first-order valence-corrected chi connectivity index (χ1v) is 6.19. The predicted molar refractivity (Wildman–Crippen MR) is 68.1 cm³/mol. The summed E-state index contributed by atoms with van der Waals surface area (Å²) in [4.78, 5) is 8.54. The first-order chi connectivity index (χ1) is 8.28. The van der Waals surface area contributed by atoms with Crippen LogP contribution in [0.2, 0.25) is 0 Å². The molecule has 17 heavy (non-hydrogen) atoms. The summed E-state index contributed by atoms with van der Waals surface area (Å²) in [6.07, 6.45) is 6.69. The summed E-state index contributed by atoms with van der Waals surface area (Å²) < 4.78 is 0. The smallest absolute Gasteiger partial charge is 0.146 e. The third kappa shape index (κ3) is 3.30. The standard InChI is InChI=1S/C12H20N4O/c1-2-5-14-10-6-13-7-11(16-10)15-8-12(9-17)3-4-12/h6-7,17H,2-5,8-9H2,1H3,(H2,14,15,16). The average Bonchev–Trinajstić information content (AvgIpc) is 3.15. The number of hydrogen-bond donors (Lipinski definition) is 3. The van der Waals surface area contributed by atoms with Gasteiger partial charge in [0.05, 0.1) is 19.0 Å². The number of anilines is 2. The van der Waals surface area contributed by atoms with Crippen molar-refractivity contribution in [1.82, 2.24) is 9.97 Å².